The molecule has 11 heteroatoms. The molecule has 10 nitrogen and oxygen atoms in total. The molecule has 1 amide bonds. The fourth-order valence-corrected chi connectivity index (χ4v) is 4.91. The first kappa shape index (κ1) is 27.6. The molecular formula is C28H28N4O6S. The molecule has 0 spiro atoms. The predicted molar refractivity (Wildman–Crippen MR) is 147 cm³/mol. The molecule has 0 saturated heterocycles. The highest BCUT2D eigenvalue weighted by molar-refractivity contribution is 7.17. The van der Waals surface area contributed by atoms with Gasteiger partial charge in [0.05, 0.1) is 24.2 Å². The standard InChI is InChI=1S/C28H28N4O6S/c1-4-15-32-25(34)21-14-10-9-13-20(21)23(30-32)26(35)38-17-22(33)31(16-19-11-7-6-8-12-19)28-29-18(3)24(39-28)27(36)37-5-2/h6-14H,4-5,15-17H2,1-3H3. The number of ether oxygens (including phenoxy) is 2. The Labute approximate surface area is 228 Å². The fourth-order valence-electron chi connectivity index (χ4n) is 3.93. The van der Waals surface area contributed by atoms with E-state index in [4.69, 9.17) is 9.47 Å². The van der Waals surface area contributed by atoms with Gasteiger partial charge in [-0.05, 0) is 31.9 Å². The maximum Gasteiger partial charge on any atom is 0.359 e. The molecule has 4 aromatic rings. The van der Waals surface area contributed by atoms with E-state index in [1.807, 2.05) is 37.3 Å². The topological polar surface area (TPSA) is 121 Å². The predicted octanol–water partition coefficient (Wildman–Crippen LogP) is 4.14. The number of aromatic nitrogens is 3. The van der Waals surface area contributed by atoms with Gasteiger partial charge in [-0.2, -0.15) is 5.10 Å². The number of carbonyl (C=O) groups is 3. The van der Waals surface area contributed by atoms with E-state index in [2.05, 4.69) is 10.1 Å². The van der Waals surface area contributed by atoms with Crippen LogP contribution >= 0.6 is 11.3 Å². The van der Waals surface area contributed by atoms with Gasteiger partial charge in [0.25, 0.3) is 11.5 Å². The van der Waals surface area contributed by atoms with Gasteiger partial charge in [0.15, 0.2) is 17.4 Å². The molecular weight excluding hydrogens is 520 g/mol. The second-order valence-corrected chi connectivity index (χ2v) is 9.57. The molecule has 0 aliphatic carbocycles. The lowest BCUT2D eigenvalue weighted by atomic mass is 10.1. The molecule has 0 aliphatic heterocycles. The summed E-state index contributed by atoms with van der Waals surface area (Å²) < 4.78 is 11.8. The minimum atomic E-state index is -0.827. The molecule has 0 saturated carbocycles. The van der Waals surface area contributed by atoms with Crippen LogP contribution in [0.15, 0.2) is 59.4 Å². The van der Waals surface area contributed by atoms with Gasteiger partial charge in [-0.1, -0.05) is 66.8 Å². The van der Waals surface area contributed by atoms with Crippen LogP contribution in [0.5, 0.6) is 0 Å². The van der Waals surface area contributed by atoms with Gasteiger partial charge in [0.2, 0.25) is 0 Å². The van der Waals surface area contributed by atoms with Crippen LogP contribution in [0, 0.1) is 6.92 Å². The van der Waals surface area contributed by atoms with Crippen molar-refractivity contribution >= 4 is 45.1 Å². The minimum absolute atomic E-state index is 0.0456. The molecule has 0 unspecified atom stereocenters. The summed E-state index contributed by atoms with van der Waals surface area (Å²) in [5, 5.41) is 5.20. The molecule has 0 atom stereocenters. The van der Waals surface area contributed by atoms with E-state index in [-0.39, 0.29) is 29.5 Å². The first-order valence-electron chi connectivity index (χ1n) is 12.5. The third-order valence-electron chi connectivity index (χ3n) is 5.78. The third kappa shape index (κ3) is 6.20. The number of amides is 1. The normalized spacial score (nSPS) is 10.8. The van der Waals surface area contributed by atoms with E-state index in [9.17, 15) is 19.2 Å². The van der Waals surface area contributed by atoms with Crippen LogP contribution < -0.4 is 10.5 Å². The maximum atomic E-state index is 13.4. The summed E-state index contributed by atoms with van der Waals surface area (Å²) in [7, 11) is 0. The summed E-state index contributed by atoms with van der Waals surface area (Å²) in [5.41, 5.74) is 0.911. The van der Waals surface area contributed by atoms with Crippen molar-refractivity contribution in [1.29, 1.82) is 0 Å². The van der Waals surface area contributed by atoms with Crippen LogP contribution in [0.2, 0.25) is 0 Å². The number of anilines is 1. The zero-order valence-corrected chi connectivity index (χ0v) is 22.7. The monoisotopic (exact) mass is 548 g/mol. The van der Waals surface area contributed by atoms with Gasteiger partial charge in [-0.25, -0.2) is 19.3 Å². The Balaban J connectivity index is 1.61. The van der Waals surface area contributed by atoms with Crippen molar-refractivity contribution in [3.8, 4) is 0 Å². The van der Waals surface area contributed by atoms with E-state index < -0.39 is 24.5 Å². The largest absolute Gasteiger partial charge is 0.462 e. The Kier molecular flexibility index (Phi) is 8.82. The Morgan fingerprint density at radius 1 is 0.949 bits per heavy atom. The lowest BCUT2D eigenvalue weighted by Gasteiger charge is -2.20. The Morgan fingerprint density at radius 2 is 1.64 bits per heavy atom. The lowest BCUT2D eigenvalue weighted by molar-refractivity contribution is -0.121. The maximum absolute atomic E-state index is 13.4. The molecule has 2 heterocycles. The minimum Gasteiger partial charge on any atom is -0.462 e. The summed E-state index contributed by atoms with van der Waals surface area (Å²) in [6, 6.07) is 15.9. The van der Waals surface area contributed by atoms with Gasteiger partial charge in [-0.15, -0.1) is 0 Å². The van der Waals surface area contributed by atoms with Gasteiger partial charge in [-0.3, -0.25) is 14.5 Å². The number of nitrogens with zero attached hydrogens (tertiary/aromatic N) is 4. The van der Waals surface area contributed by atoms with E-state index >= 15 is 0 Å². The second-order valence-electron chi connectivity index (χ2n) is 8.60. The van der Waals surface area contributed by atoms with Crippen molar-refractivity contribution in [3.63, 3.8) is 0 Å². The van der Waals surface area contributed by atoms with Crippen molar-refractivity contribution in [2.24, 2.45) is 0 Å². The van der Waals surface area contributed by atoms with Crippen LogP contribution in [0.4, 0.5) is 5.13 Å². The van der Waals surface area contributed by atoms with Crippen molar-refractivity contribution < 1.29 is 23.9 Å². The number of esters is 2. The number of benzene rings is 2. The van der Waals surface area contributed by atoms with Crippen molar-refractivity contribution in [2.75, 3.05) is 18.1 Å². The number of hydrogen-bond donors (Lipinski definition) is 0. The number of aryl methyl sites for hydroxylation is 2. The van der Waals surface area contributed by atoms with Crippen LogP contribution in [0.1, 0.15) is 51.7 Å². The molecule has 39 heavy (non-hydrogen) atoms. The molecule has 2 aromatic carbocycles. The third-order valence-corrected chi connectivity index (χ3v) is 6.95. The van der Waals surface area contributed by atoms with E-state index in [1.165, 1.54) is 9.58 Å². The number of rotatable bonds is 10. The van der Waals surface area contributed by atoms with Crippen molar-refractivity contribution in [2.45, 2.75) is 40.3 Å². The Bertz CT molecular complexity index is 1560. The Morgan fingerprint density at radius 3 is 2.33 bits per heavy atom. The van der Waals surface area contributed by atoms with Crippen molar-refractivity contribution in [3.05, 3.63) is 86.8 Å². The van der Waals surface area contributed by atoms with Crippen LogP contribution in [0.25, 0.3) is 10.8 Å². The van der Waals surface area contributed by atoms with Crippen molar-refractivity contribution in [1.82, 2.24) is 14.8 Å². The van der Waals surface area contributed by atoms with Gasteiger partial charge < -0.3 is 9.47 Å². The molecule has 4 rings (SSSR count). The second kappa shape index (κ2) is 12.4. The molecule has 0 bridgehead atoms. The smallest absolute Gasteiger partial charge is 0.359 e. The number of carbonyl (C=O) groups excluding carboxylic acids is 3. The summed E-state index contributed by atoms with van der Waals surface area (Å²) in [4.78, 5) is 57.7. The summed E-state index contributed by atoms with van der Waals surface area (Å²) >= 11 is 1.03. The van der Waals surface area contributed by atoms with Gasteiger partial charge in [0.1, 0.15) is 4.88 Å². The average molecular weight is 549 g/mol. The first-order valence-corrected chi connectivity index (χ1v) is 13.3. The molecule has 202 valence electrons. The zero-order chi connectivity index (χ0) is 27.9. The molecule has 2 aromatic heterocycles. The average Bonchev–Trinajstić information content (AvgIpc) is 3.33. The van der Waals surface area contributed by atoms with Gasteiger partial charge >= 0.3 is 11.9 Å². The van der Waals surface area contributed by atoms with E-state index in [0.717, 1.165) is 16.9 Å². The molecule has 0 N–H and O–H groups in total. The van der Waals surface area contributed by atoms with Crippen LogP contribution in [0.3, 0.4) is 0 Å². The van der Waals surface area contributed by atoms with Gasteiger partial charge in [0, 0.05) is 11.9 Å². The Hall–Kier alpha value is -4.38. The van der Waals surface area contributed by atoms with E-state index in [1.54, 1.807) is 38.1 Å². The first-order chi connectivity index (χ1) is 18.8. The molecule has 0 fully saturated rings. The number of fused-ring (bicyclic) bond motifs is 1. The molecule has 0 aliphatic rings. The zero-order valence-electron chi connectivity index (χ0n) is 21.9. The fraction of sp³-hybridized carbons (Fsp3) is 0.286. The highest BCUT2D eigenvalue weighted by Crippen LogP contribution is 2.28. The van der Waals surface area contributed by atoms with E-state index in [0.29, 0.717) is 34.3 Å². The summed E-state index contributed by atoms with van der Waals surface area (Å²) in [6.07, 6.45) is 0.647. The van der Waals surface area contributed by atoms with Crippen LogP contribution in [-0.4, -0.2) is 45.8 Å². The summed E-state index contributed by atoms with van der Waals surface area (Å²) in [5.74, 6) is -1.88. The molecule has 0 radical (unpaired) electrons. The number of thiazole rings is 1. The SMILES string of the molecule is CCCn1nc(C(=O)OCC(=O)N(Cc2ccccc2)c2nc(C)c(C(=O)OCC)s2)c2ccccc2c1=O. The quantitative estimate of drug-likeness (QED) is 0.271. The lowest BCUT2D eigenvalue weighted by Crippen LogP contribution is -2.34. The highest BCUT2D eigenvalue weighted by Gasteiger charge is 2.26. The summed E-state index contributed by atoms with van der Waals surface area (Å²) in [6.45, 7) is 5.37. The number of hydrogen-bond acceptors (Lipinski definition) is 9. The van der Waals surface area contributed by atoms with Crippen LogP contribution in [-0.2, 0) is 27.4 Å². The highest BCUT2D eigenvalue weighted by atomic mass is 32.1.